The number of fused-ring (bicyclic) bond motifs is 1. The Bertz CT molecular complexity index is 1200. The van der Waals surface area contributed by atoms with Crippen molar-refractivity contribution in [2.45, 2.75) is 6.92 Å². The fraction of sp³-hybridized carbons (Fsp3) is 0.136. The first-order valence-electron chi connectivity index (χ1n) is 8.88. The van der Waals surface area contributed by atoms with E-state index in [0.717, 1.165) is 10.9 Å². The molecule has 2 aromatic carbocycles. The zero-order chi connectivity index (χ0) is 20.5. The molecule has 0 radical (unpaired) electrons. The number of benzene rings is 2. The lowest BCUT2D eigenvalue weighted by molar-refractivity contribution is -0.129. The van der Waals surface area contributed by atoms with Crippen LogP contribution < -0.4 is 9.47 Å². The number of hydrogen-bond acceptors (Lipinski definition) is 6. The maximum atomic E-state index is 12.4. The first-order chi connectivity index (χ1) is 14.0. The average molecular weight is 390 g/mol. The maximum Gasteiger partial charge on any atom is 0.363 e. The van der Waals surface area contributed by atoms with Crippen molar-refractivity contribution in [1.82, 2.24) is 4.57 Å². The fourth-order valence-electron chi connectivity index (χ4n) is 3.28. The quantitative estimate of drug-likeness (QED) is 0.502. The smallest absolute Gasteiger partial charge is 0.363 e. The van der Waals surface area contributed by atoms with E-state index in [9.17, 15) is 9.59 Å². The van der Waals surface area contributed by atoms with E-state index >= 15 is 0 Å². The highest BCUT2D eigenvalue weighted by atomic mass is 16.6. The van der Waals surface area contributed by atoms with Crippen LogP contribution in [0.4, 0.5) is 0 Å². The van der Waals surface area contributed by atoms with E-state index in [4.69, 9.17) is 14.2 Å². The minimum absolute atomic E-state index is 0.111. The summed E-state index contributed by atoms with van der Waals surface area (Å²) in [4.78, 5) is 28.9. The molecule has 0 N–H and O–H groups in total. The minimum atomic E-state index is -0.588. The summed E-state index contributed by atoms with van der Waals surface area (Å²) in [5.41, 5.74) is 2.01. The molecular weight excluding hydrogens is 372 g/mol. The van der Waals surface area contributed by atoms with Gasteiger partial charge in [-0.05, 0) is 36.4 Å². The Balaban J connectivity index is 1.77. The highest BCUT2D eigenvalue weighted by molar-refractivity contribution is 6.13. The second-order valence-electron chi connectivity index (χ2n) is 6.39. The molecule has 1 aliphatic rings. The van der Waals surface area contributed by atoms with Crippen LogP contribution in [0.25, 0.3) is 17.0 Å². The third kappa shape index (κ3) is 3.27. The molecule has 3 aromatic rings. The minimum Gasteiger partial charge on any atom is -0.493 e. The van der Waals surface area contributed by atoms with Crippen molar-refractivity contribution in [2.75, 3.05) is 14.2 Å². The Morgan fingerprint density at radius 2 is 1.83 bits per heavy atom. The largest absolute Gasteiger partial charge is 0.493 e. The van der Waals surface area contributed by atoms with Gasteiger partial charge in [0.15, 0.2) is 17.2 Å². The molecule has 2 heterocycles. The van der Waals surface area contributed by atoms with Gasteiger partial charge in [0.2, 0.25) is 11.8 Å². The lowest BCUT2D eigenvalue weighted by Crippen LogP contribution is -2.08. The topological polar surface area (TPSA) is 79.1 Å². The molecule has 0 fully saturated rings. The lowest BCUT2D eigenvalue weighted by Gasteiger charge is -2.08. The summed E-state index contributed by atoms with van der Waals surface area (Å²) >= 11 is 0. The molecule has 0 unspecified atom stereocenters. The van der Waals surface area contributed by atoms with Gasteiger partial charge >= 0.3 is 5.97 Å². The molecule has 29 heavy (non-hydrogen) atoms. The summed E-state index contributed by atoms with van der Waals surface area (Å²) < 4.78 is 17.4. The van der Waals surface area contributed by atoms with Crippen LogP contribution in [0.15, 0.2) is 59.2 Å². The third-order valence-electron chi connectivity index (χ3n) is 4.59. The van der Waals surface area contributed by atoms with Gasteiger partial charge in [-0.25, -0.2) is 9.79 Å². The van der Waals surface area contributed by atoms with Crippen LogP contribution in [0.3, 0.4) is 0 Å². The molecule has 0 atom stereocenters. The molecule has 0 saturated carbocycles. The van der Waals surface area contributed by atoms with Crippen molar-refractivity contribution in [2.24, 2.45) is 4.99 Å². The van der Waals surface area contributed by atoms with Gasteiger partial charge in [-0.1, -0.05) is 18.2 Å². The molecule has 7 heteroatoms. The van der Waals surface area contributed by atoms with E-state index < -0.39 is 5.97 Å². The Hall–Kier alpha value is -3.87. The Kier molecular flexibility index (Phi) is 4.64. The molecule has 1 aromatic heterocycles. The van der Waals surface area contributed by atoms with Crippen LogP contribution in [0.5, 0.6) is 11.5 Å². The molecular formula is C22H18N2O5. The predicted molar refractivity (Wildman–Crippen MR) is 108 cm³/mol. The van der Waals surface area contributed by atoms with Crippen LogP contribution in [0.1, 0.15) is 23.0 Å². The van der Waals surface area contributed by atoms with E-state index in [1.165, 1.54) is 14.0 Å². The van der Waals surface area contributed by atoms with E-state index in [1.54, 1.807) is 36.0 Å². The van der Waals surface area contributed by atoms with Gasteiger partial charge in [0.05, 0.1) is 25.4 Å². The van der Waals surface area contributed by atoms with E-state index in [-0.39, 0.29) is 17.5 Å². The number of hydrogen-bond donors (Lipinski definition) is 0. The monoisotopic (exact) mass is 390 g/mol. The molecule has 146 valence electrons. The maximum absolute atomic E-state index is 12.4. The molecule has 0 spiro atoms. The molecule has 0 bridgehead atoms. The average Bonchev–Trinajstić information content (AvgIpc) is 3.27. The van der Waals surface area contributed by atoms with Crippen molar-refractivity contribution >= 4 is 34.8 Å². The van der Waals surface area contributed by atoms with E-state index in [1.807, 2.05) is 30.3 Å². The summed E-state index contributed by atoms with van der Waals surface area (Å²) in [5, 5.41) is 0.894. The predicted octanol–water partition coefficient (Wildman–Crippen LogP) is 3.66. The van der Waals surface area contributed by atoms with Crippen LogP contribution in [0, 0.1) is 0 Å². The van der Waals surface area contributed by atoms with Crippen LogP contribution >= 0.6 is 0 Å². The van der Waals surface area contributed by atoms with E-state index in [2.05, 4.69) is 4.99 Å². The van der Waals surface area contributed by atoms with Crippen LogP contribution in [-0.2, 0) is 9.53 Å². The number of para-hydroxylation sites is 1. The highest BCUT2D eigenvalue weighted by Gasteiger charge is 2.26. The standard InChI is InChI=1S/C22H18N2O5/c1-13(25)24-16(10-14-6-4-5-7-18(14)24)12-17-22(26)29-21(23-17)15-8-9-19(27-2)20(11-15)28-3/h4-12H,1-3H3/b17-12+. The number of carbonyl (C=O) groups is 2. The molecule has 0 amide bonds. The number of aromatic nitrogens is 1. The number of carbonyl (C=O) groups excluding carboxylic acids is 2. The summed E-state index contributed by atoms with van der Waals surface area (Å²) in [7, 11) is 3.07. The normalized spacial score (nSPS) is 14.8. The van der Waals surface area contributed by atoms with Gasteiger partial charge in [0.25, 0.3) is 0 Å². The van der Waals surface area contributed by atoms with Crippen molar-refractivity contribution < 1.29 is 23.8 Å². The summed E-state index contributed by atoms with van der Waals surface area (Å²) in [6.45, 7) is 1.47. The number of ether oxygens (including phenoxy) is 3. The van der Waals surface area contributed by atoms with Gasteiger partial charge in [0, 0.05) is 17.9 Å². The third-order valence-corrected chi connectivity index (χ3v) is 4.59. The van der Waals surface area contributed by atoms with Crippen molar-refractivity contribution in [3.63, 3.8) is 0 Å². The number of aliphatic imine (C=N–C) groups is 1. The molecule has 0 saturated heterocycles. The summed E-state index contributed by atoms with van der Waals surface area (Å²) in [6, 6.07) is 14.5. The first-order valence-corrected chi connectivity index (χ1v) is 8.88. The number of esters is 1. The molecule has 0 aliphatic carbocycles. The SMILES string of the molecule is COc1ccc(C2=N/C(=C/c3cc4ccccc4n3C(C)=O)C(=O)O2)cc1OC. The highest BCUT2D eigenvalue weighted by Crippen LogP contribution is 2.30. The summed E-state index contributed by atoms with van der Waals surface area (Å²) in [6.07, 6.45) is 1.55. The Morgan fingerprint density at radius 1 is 1.07 bits per heavy atom. The number of cyclic esters (lactones) is 1. The first kappa shape index (κ1) is 18.5. The van der Waals surface area contributed by atoms with Crippen molar-refractivity contribution in [1.29, 1.82) is 0 Å². The van der Waals surface area contributed by atoms with Crippen molar-refractivity contribution in [3.8, 4) is 11.5 Å². The molecule has 4 rings (SSSR count). The number of rotatable bonds is 4. The van der Waals surface area contributed by atoms with E-state index in [0.29, 0.717) is 22.8 Å². The lowest BCUT2D eigenvalue weighted by atomic mass is 10.2. The fourth-order valence-corrected chi connectivity index (χ4v) is 3.28. The number of methoxy groups -OCH3 is 2. The Labute approximate surface area is 166 Å². The second-order valence-corrected chi connectivity index (χ2v) is 6.39. The zero-order valence-corrected chi connectivity index (χ0v) is 16.1. The Morgan fingerprint density at radius 3 is 2.55 bits per heavy atom. The summed E-state index contributed by atoms with van der Waals surface area (Å²) in [5.74, 6) is 0.470. The van der Waals surface area contributed by atoms with Gasteiger partial charge in [-0.15, -0.1) is 0 Å². The van der Waals surface area contributed by atoms with Gasteiger partial charge in [0.1, 0.15) is 0 Å². The van der Waals surface area contributed by atoms with Gasteiger partial charge in [-0.3, -0.25) is 9.36 Å². The second kappa shape index (κ2) is 7.27. The van der Waals surface area contributed by atoms with Crippen LogP contribution in [-0.4, -0.2) is 36.6 Å². The zero-order valence-electron chi connectivity index (χ0n) is 16.1. The van der Waals surface area contributed by atoms with Gasteiger partial charge in [-0.2, -0.15) is 0 Å². The van der Waals surface area contributed by atoms with Crippen molar-refractivity contribution in [3.05, 3.63) is 65.5 Å². The van der Waals surface area contributed by atoms with Gasteiger partial charge < -0.3 is 14.2 Å². The number of nitrogens with zero attached hydrogens (tertiary/aromatic N) is 2. The molecule has 7 nitrogen and oxygen atoms in total. The van der Waals surface area contributed by atoms with Crippen LogP contribution in [0.2, 0.25) is 0 Å². The molecule has 1 aliphatic heterocycles.